The molecule has 1 saturated carbocycles. The number of nitrogens with one attached hydrogen (secondary N) is 1. The molecule has 0 aromatic heterocycles. The summed E-state index contributed by atoms with van der Waals surface area (Å²) in [5.41, 5.74) is -0.513. The Labute approximate surface area is 127 Å². The highest BCUT2D eigenvalue weighted by molar-refractivity contribution is 5.29. The summed E-state index contributed by atoms with van der Waals surface area (Å²) in [5.74, 6) is -0.152. The molecule has 6 heteroatoms. The number of hydrogen-bond acceptors (Lipinski definition) is 2. The number of piperazine rings is 1. The van der Waals surface area contributed by atoms with Crippen molar-refractivity contribution in [3.63, 3.8) is 0 Å². The molecule has 1 N–H and O–H groups in total. The van der Waals surface area contributed by atoms with Crippen LogP contribution in [0, 0.1) is 11.7 Å². The first kappa shape index (κ1) is 15.7. The number of hydrogen-bond donors (Lipinski definition) is 1. The lowest BCUT2D eigenvalue weighted by molar-refractivity contribution is -0.137. The number of nitrogens with zero attached hydrogens (tertiary/aromatic N) is 1. The van der Waals surface area contributed by atoms with Gasteiger partial charge in [0.1, 0.15) is 5.82 Å². The van der Waals surface area contributed by atoms with Crippen molar-refractivity contribution in [2.45, 2.75) is 31.5 Å². The van der Waals surface area contributed by atoms with Crippen molar-refractivity contribution < 1.29 is 17.6 Å². The highest BCUT2D eigenvalue weighted by Gasteiger charge is 2.34. The van der Waals surface area contributed by atoms with Crippen molar-refractivity contribution in [3.8, 4) is 0 Å². The Morgan fingerprint density at radius 1 is 1.18 bits per heavy atom. The molecule has 1 aliphatic carbocycles. The molecule has 22 heavy (non-hydrogen) atoms. The van der Waals surface area contributed by atoms with Crippen LogP contribution in [0.1, 0.15) is 36.4 Å². The summed E-state index contributed by atoms with van der Waals surface area (Å²) >= 11 is 0. The zero-order valence-corrected chi connectivity index (χ0v) is 12.3. The van der Waals surface area contributed by atoms with Crippen LogP contribution in [0.25, 0.3) is 0 Å². The van der Waals surface area contributed by atoms with Gasteiger partial charge in [-0.2, -0.15) is 13.2 Å². The molecule has 2 nitrogen and oxygen atoms in total. The van der Waals surface area contributed by atoms with Gasteiger partial charge in [-0.05, 0) is 24.5 Å². The third-order valence-electron chi connectivity index (χ3n) is 4.53. The van der Waals surface area contributed by atoms with Crippen molar-refractivity contribution in [1.82, 2.24) is 10.2 Å². The van der Waals surface area contributed by atoms with Crippen molar-refractivity contribution in [2.75, 3.05) is 26.2 Å². The van der Waals surface area contributed by atoms with Crippen LogP contribution >= 0.6 is 0 Å². The Morgan fingerprint density at radius 2 is 1.86 bits per heavy atom. The molecule has 2 fully saturated rings. The van der Waals surface area contributed by atoms with Crippen LogP contribution in [0.2, 0.25) is 0 Å². The van der Waals surface area contributed by atoms with Crippen LogP contribution in [-0.4, -0.2) is 31.1 Å². The average molecular weight is 316 g/mol. The van der Waals surface area contributed by atoms with Gasteiger partial charge in [-0.3, -0.25) is 4.90 Å². The quantitative estimate of drug-likeness (QED) is 0.854. The predicted molar refractivity (Wildman–Crippen MR) is 75.9 cm³/mol. The molecular formula is C16H20F4N2. The summed E-state index contributed by atoms with van der Waals surface area (Å²) in [7, 11) is 0. The molecule has 0 radical (unpaired) electrons. The average Bonchev–Trinajstić information content (AvgIpc) is 3.29. The third kappa shape index (κ3) is 3.60. The summed E-state index contributed by atoms with van der Waals surface area (Å²) in [6.45, 7) is 3.28. The van der Waals surface area contributed by atoms with E-state index in [0.717, 1.165) is 51.5 Å². The Hall–Kier alpha value is -1.14. The molecule has 3 rings (SSSR count). The number of alkyl halides is 3. The summed E-state index contributed by atoms with van der Waals surface area (Å²) in [6.07, 6.45) is -1.38. The Kier molecular flexibility index (Phi) is 4.41. The van der Waals surface area contributed by atoms with Gasteiger partial charge < -0.3 is 5.32 Å². The zero-order valence-electron chi connectivity index (χ0n) is 12.3. The maximum Gasteiger partial charge on any atom is 0.416 e. The maximum absolute atomic E-state index is 14.3. The second kappa shape index (κ2) is 6.16. The first-order valence-electron chi connectivity index (χ1n) is 7.76. The van der Waals surface area contributed by atoms with Crippen molar-refractivity contribution in [3.05, 3.63) is 35.1 Å². The van der Waals surface area contributed by atoms with Crippen LogP contribution in [-0.2, 0) is 6.18 Å². The van der Waals surface area contributed by atoms with Gasteiger partial charge in [0.15, 0.2) is 0 Å². The summed E-state index contributed by atoms with van der Waals surface area (Å²) in [5, 5.41) is 3.25. The van der Waals surface area contributed by atoms with Crippen LogP contribution < -0.4 is 5.32 Å². The topological polar surface area (TPSA) is 15.3 Å². The number of rotatable bonds is 4. The lowest BCUT2D eigenvalue weighted by Crippen LogP contribution is -2.45. The van der Waals surface area contributed by atoms with Gasteiger partial charge >= 0.3 is 6.18 Å². The minimum atomic E-state index is -4.50. The van der Waals surface area contributed by atoms with E-state index in [-0.39, 0.29) is 6.04 Å². The second-order valence-corrected chi connectivity index (χ2v) is 6.21. The Bertz CT molecular complexity index is 519. The monoisotopic (exact) mass is 316 g/mol. The molecule has 1 aromatic carbocycles. The standard InChI is InChI=1S/C16H20F4N2/c17-14-10-12(16(18,19)20)3-4-13(14)15(9-11-1-2-11)22-7-5-21-6-8-22/h3-4,10-11,15,21H,1-2,5-9H2/t15-/m0/s1. The molecule has 1 heterocycles. The highest BCUT2D eigenvalue weighted by atomic mass is 19.4. The van der Waals surface area contributed by atoms with Crippen LogP contribution in [0.15, 0.2) is 18.2 Å². The fourth-order valence-corrected chi connectivity index (χ4v) is 3.11. The molecule has 1 aliphatic heterocycles. The first-order chi connectivity index (χ1) is 10.4. The molecule has 122 valence electrons. The van der Waals surface area contributed by atoms with Crippen molar-refractivity contribution >= 4 is 0 Å². The molecule has 0 spiro atoms. The smallest absolute Gasteiger partial charge is 0.314 e. The number of benzene rings is 1. The minimum absolute atomic E-state index is 0.114. The summed E-state index contributed by atoms with van der Waals surface area (Å²) in [4.78, 5) is 2.19. The van der Waals surface area contributed by atoms with Gasteiger partial charge in [0, 0.05) is 37.8 Å². The molecule has 0 unspecified atom stereocenters. The van der Waals surface area contributed by atoms with Crippen molar-refractivity contribution in [1.29, 1.82) is 0 Å². The van der Waals surface area contributed by atoms with E-state index in [2.05, 4.69) is 10.2 Å². The van der Waals surface area contributed by atoms with E-state index in [1.54, 1.807) is 0 Å². The van der Waals surface area contributed by atoms with Crippen LogP contribution in [0.3, 0.4) is 0 Å². The minimum Gasteiger partial charge on any atom is -0.314 e. The summed E-state index contributed by atoms with van der Waals surface area (Å²) < 4.78 is 52.4. The van der Waals surface area contributed by atoms with E-state index in [4.69, 9.17) is 0 Å². The SMILES string of the molecule is Fc1cc(C(F)(F)F)ccc1[C@H](CC1CC1)N1CCNCC1. The van der Waals surface area contributed by atoms with E-state index in [1.807, 2.05) is 0 Å². The molecule has 0 bridgehead atoms. The molecule has 0 amide bonds. The zero-order chi connectivity index (χ0) is 15.7. The van der Waals surface area contributed by atoms with Crippen LogP contribution in [0.4, 0.5) is 17.6 Å². The predicted octanol–water partition coefficient (Wildman–Crippen LogP) is 3.59. The third-order valence-corrected chi connectivity index (χ3v) is 4.53. The van der Waals surface area contributed by atoms with E-state index in [1.165, 1.54) is 6.07 Å². The van der Waals surface area contributed by atoms with Gasteiger partial charge in [-0.25, -0.2) is 4.39 Å². The maximum atomic E-state index is 14.3. The largest absolute Gasteiger partial charge is 0.416 e. The Morgan fingerprint density at radius 3 is 2.41 bits per heavy atom. The van der Waals surface area contributed by atoms with E-state index < -0.39 is 17.6 Å². The molecule has 1 aromatic rings. The van der Waals surface area contributed by atoms with E-state index in [9.17, 15) is 17.6 Å². The fourth-order valence-electron chi connectivity index (χ4n) is 3.11. The molecule has 1 atom stereocenters. The molecular weight excluding hydrogens is 296 g/mol. The Balaban J connectivity index is 1.86. The molecule has 2 aliphatic rings. The van der Waals surface area contributed by atoms with Gasteiger partial charge in [-0.15, -0.1) is 0 Å². The second-order valence-electron chi connectivity index (χ2n) is 6.21. The van der Waals surface area contributed by atoms with E-state index >= 15 is 0 Å². The van der Waals surface area contributed by atoms with Gasteiger partial charge in [0.2, 0.25) is 0 Å². The van der Waals surface area contributed by atoms with E-state index in [0.29, 0.717) is 17.5 Å². The number of halogens is 4. The normalized spacial score (nSPS) is 21.8. The highest BCUT2D eigenvalue weighted by Crippen LogP contribution is 2.41. The van der Waals surface area contributed by atoms with Gasteiger partial charge in [-0.1, -0.05) is 18.9 Å². The lowest BCUT2D eigenvalue weighted by atomic mass is 9.97. The lowest BCUT2D eigenvalue weighted by Gasteiger charge is -2.35. The van der Waals surface area contributed by atoms with Gasteiger partial charge in [0.05, 0.1) is 5.56 Å². The fraction of sp³-hybridized carbons (Fsp3) is 0.625. The van der Waals surface area contributed by atoms with Gasteiger partial charge in [0.25, 0.3) is 0 Å². The first-order valence-corrected chi connectivity index (χ1v) is 7.76. The summed E-state index contributed by atoms with van der Waals surface area (Å²) in [6, 6.07) is 2.85. The van der Waals surface area contributed by atoms with Crippen molar-refractivity contribution in [2.24, 2.45) is 5.92 Å². The van der Waals surface area contributed by atoms with Crippen LogP contribution in [0.5, 0.6) is 0 Å². The molecule has 1 saturated heterocycles.